The Balaban J connectivity index is 2.60. The summed E-state index contributed by atoms with van der Waals surface area (Å²) in [6.07, 6.45) is 4.82. The molecule has 1 aromatic heterocycles. The Hall–Kier alpha value is -2.41. The van der Waals surface area contributed by atoms with Gasteiger partial charge < -0.3 is 5.73 Å². The van der Waals surface area contributed by atoms with Crippen LogP contribution >= 0.6 is 0 Å². The lowest BCUT2D eigenvalue weighted by molar-refractivity contribution is 1.21. The summed E-state index contributed by atoms with van der Waals surface area (Å²) in [5.41, 5.74) is 8.12. The smallest absolute Gasteiger partial charge is 0.198 e. The summed E-state index contributed by atoms with van der Waals surface area (Å²) >= 11 is 0. The molecule has 4 nitrogen and oxygen atoms in total. The van der Waals surface area contributed by atoms with E-state index in [0.717, 1.165) is 5.56 Å². The molecule has 0 saturated carbocycles. The first kappa shape index (κ1) is 9.16. The first-order chi connectivity index (χ1) is 7.31. The molecule has 0 radical (unpaired) electrons. The van der Waals surface area contributed by atoms with Gasteiger partial charge in [-0.1, -0.05) is 6.07 Å². The number of benzene rings is 1. The third kappa shape index (κ3) is 1.76. The molecule has 2 aromatic rings. The van der Waals surface area contributed by atoms with Crippen LogP contribution in [0.5, 0.6) is 0 Å². The second-order valence-electron chi connectivity index (χ2n) is 2.98. The zero-order chi connectivity index (χ0) is 10.7. The second-order valence-corrected chi connectivity index (χ2v) is 2.98. The molecule has 0 fully saturated rings. The highest BCUT2D eigenvalue weighted by Crippen LogP contribution is 2.30. The van der Waals surface area contributed by atoms with Crippen molar-refractivity contribution < 1.29 is 0 Å². The van der Waals surface area contributed by atoms with Crippen LogP contribution < -0.4 is 5.73 Å². The van der Waals surface area contributed by atoms with Gasteiger partial charge in [0.25, 0.3) is 0 Å². The summed E-state index contributed by atoms with van der Waals surface area (Å²) in [6, 6.07) is 5.17. The minimum atomic E-state index is 0.496. The van der Waals surface area contributed by atoms with Gasteiger partial charge in [-0.25, -0.2) is 4.85 Å². The molecule has 0 aliphatic heterocycles. The van der Waals surface area contributed by atoms with Gasteiger partial charge in [-0.2, -0.15) is 0 Å². The maximum atomic E-state index is 7.05. The number of nitrogens with two attached hydrogens (primary N) is 1. The molecule has 0 unspecified atom stereocenters. The fraction of sp³-hybridized carbons (Fsp3) is 0. The number of hydrogen-bond acceptors (Lipinski definition) is 3. The first-order valence-electron chi connectivity index (χ1n) is 4.34. The third-order valence-corrected chi connectivity index (χ3v) is 1.98. The average molecular weight is 196 g/mol. The molecule has 0 spiro atoms. The zero-order valence-corrected chi connectivity index (χ0v) is 7.88. The fourth-order valence-electron chi connectivity index (χ4n) is 1.30. The third-order valence-electron chi connectivity index (χ3n) is 1.98. The summed E-state index contributed by atoms with van der Waals surface area (Å²) in [4.78, 5) is 11.5. The van der Waals surface area contributed by atoms with E-state index in [1.807, 2.05) is 0 Å². The van der Waals surface area contributed by atoms with Gasteiger partial charge >= 0.3 is 0 Å². The summed E-state index contributed by atoms with van der Waals surface area (Å²) < 4.78 is 0. The van der Waals surface area contributed by atoms with Crippen LogP contribution in [0, 0.1) is 6.57 Å². The van der Waals surface area contributed by atoms with Crippen LogP contribution in [-0.2, 0) is 0 Å². The van der Waals surface area contributed by atoms with Gasteiger partial charge in [0.2, 0.25) is 0 Å². The monoisotopic (exact) mass is 196 g/mol. The van der Waals surface area contributed by atoms with E-state index in [1.165, 1.54) is 0 Å². The fourth-order valence-corrected chi connectivity index (χ4v) is 1.30. The van der Waals surface area contributed by atoms with Crippen LogP contribution in [0.1, 0.15) is 0 Å². The van der Waals surface area contributed by atoms with Gasteiger partial charge in [-0.05, 0) is 12.1 Å². The van der Waals surface area contributed by atoms with Crippen LogP contribution in [-0.4, -0.2) is 9.97 Å². The number of anilines is 1. The Morgan fingerprint density at radius 3 is 2.80 bits per heavy atom. The highest BCUT2D eigenvalue weighted by atomic mass is 14.8. The molecule has 15 heavy (non-hydrogen) atoms. The van der Waals surface area contributed by atoms with Crippen molar-refractivity contribution in [1.29, 1.82) is 0 Å². The van der Waals surface area contributed by atoms with Gasteiger partial charge in [0, 0.05) is 23.6 Å². The molecule has 0 atom stereocenters. The van der Waals surface area contributed by atoms with Crippen molar-refractivity contribution in [3.63, 3.8) is 0 Å². The highest BCUT2D eigenvalue weighted by Gasteiger charge is 2.06. The molecule has 0 saturated heterocycles. The van der Waals surface area contributed by atoms with Crippen LogP contribution in [0.4, 0.5) is 11.4 Å². The Labute approximate surface area is 87.2 Å². The van der Waals surface area contributed by atoms with Crippen LogP contribution in [0.2, 0.25) is 0 Å². The van der Waals surface area contributed by atoms with Crippen molar-refractivity contribution in [2.45, 2.75) is 0 Å². The van der Waals surface area contributed by atoms with Crippen molar-refractivity contribution in [1.82, 2.24) is 9.97 Å². The number of nitrogen functional groups attached to an aromatic ring is 1. The summed E-state index contributed by atoms with van der Waals surface area (Å²) in [6.45, 7) is 7.05. The predicted octanol–water partition coefficient (Wildman–Crippen LogP) is 2.28. The summed E-state index contributed by atoms with van der Waals surface area (Å²) in [5, 5.41) is 0. The zero-order valence-electron chi connectivity index (χ0n) is 7.88. The molecule has 2 rings (SSSR count). The minimum absolute atomic E-state index is 0.496. The number of hydrogen-bond donors (Lipinski definition) is 1. The van der Waals surface area contributed by atoms with E-state index in [-0.39, 0.29) is 0 Å². The molecule has 72 valence electrons. The Bertz CT molecular complexity index is 514. The number of nitrogens with zero attached hydrogens (tertiary/aromatic N) is 3. The van der Waals surface area contributed by atoms with E-state index in [2.05, 4.69) is 14.8 Å². The first-order valence-corrected chi connectivity index (χ1v) is 4.34. The van der Waals surface area contributed by atoms with Gasteiger partial charge in [0.1, 0.15) is 0 Å². The molecular formula is C11H8N4. The molecule has 4 heteroatoms. The highest BCUT2D eigenvalue weighted by molar-refractivity contribution is 5.78. The molecule has 0 amide bonds. The SMILES string of the molecule is [C-]#[N+]c1cc(N)ccc1-c1cnccn1. The van der Waals surface area contributed by atoms with E-state index in [9.17, 15) is 0 Å². The summed E-state index contributed by atoms with van der Waals surface area (Å²) in [5.74, 6) is 0. The largest absolute Gasteiger partial charge is 0.400 e. The van der Waals surface area contributed by atoms with Gasteiger partial charge in [-0.3, -0.25) is 9.97 Å². The maximum absolute atomic E-state index is 7.05. The Morgan fingerprint density at radius 1 is 1.27 bits per heavy atom. The lowest BCUT2D eigenvalue weighted by Gasteiger charge is -2.03. The molecule has 0 aliphatic rings. The standard InChI is InChI=1S/C11H8N4/c1-13-10-6-8(12)2-3-9(10)11-7-14-4-5-15-11/h2-7H,12H2. The predicted molar refractivity (Wildman–Crippen MR) is 58.1 cm³/mol. The second kappa shape index (κ2) is 3.76. The summed E-state index contributed by atoms with van der Waals surface area (Å²) in [7, 11) is 0. The Morgan fingerprint density at radius 2 is 2.13 bits per heavy atom. The van der Waals surface area contributed by atoms with Crippen LogP contribution in [0.25, 0.3) is 16.1 Å². The van der Waals surface area contributed by atoms with E-state index < -0.39 is 0 Å². The molecular weight excluding hydrogens is 188 g/mol. The Kier molecular flexibility index (Phi) is 2.30. The number of aromatic nitrogens is 2. The maximum Gasteiger partial charge on any atom is 0.198 e. The topological polar surface area (TPSA) is 56.2 Å². The van der Waals surface area contributed by atoms with E-state index in [1.54, 1.807) is 36.8 Å². The van der Waals surface area contributed by atoms with Gasteiger partial charge in [0.15, 0.2) is 5.69 Å². The normalized spacial score (nSPS) is 9.53. The van der Waals surface area contributed by atoms with Crippen molar-refractivity contribution in [2.24, 2.45) is 0 Å². The molecule has 0 bridgehead atoms. The quantitative estimate of drug-likeness (QED) is 0.562. The van der Waals surface area contributed by atoms with Crippen LogP contribution in [0.3, 0.4) is 0 Å². The molecule has 1 aromatic carbocycles. The lowest BCUT2D eigenvalue weighted by Crippen LogP contribution is -1.87. The van der Waals surface area contributed by atoms with E-state index >= 15 is 0 Å². The number of rotatable bonds is 1. The average Bonchev–Trinajstić information content (AvgIpc) is 2.30. The molecule has 1 heterocycles. The van der Waals surface area contributed by atoms with Crippen molar-refractivity contribution >= 4 is 11.4 Å². The van der Waals surface area contributed by atoms with Crippen LogP contribution in [0.15, 0.2) is 36.8 Å². The minimum Gasteiger partial charge on any atom is -0.400 e. The van der Waals surface area contributed by atoms with Crippen molar-refractivity contribution in [3.05, 3.63) is 48.2 Å². The molecule has 2 N–H and O–H groups in total. The van der Waals surface area contributed by atoms with Crippen molar-refractivity contribution in [2.75, 3.05) is 5.73 Å². The van der Waals surface area contributed by atoms with Gasteiger partial charge in [0.05, 0.1) is 18.5 Å². The van der Waals surface area contributed by atoms with E-state index in [4.69, 9.17) is 12.3 Å². The van der Waals surface area contributed by atoms with E-state index in [0.29, 0.717) is 17.1 Å². The van der Waals surface area contributed by atoms with Crippen molar-refractivity contribution in [3.8, 4) is 11.3 Å². The van der Waals surface area contributed by atoms with Gasteiger partial charge in [-0.15, -0.1) is 0 Å². The lowest BCUT2D eigenvalue weighted by atomic mass is 10.1. The molecule has 0 aliphatic carbocycles.